The Bertz CT molecular complexity index is 532. The molecular weight excluding hydrogens is 342 g/mol. The second kappa shape index (κ2) is 5.35. The van der Waals surface area contributed by atoms with Gasteiger partial charge in [0.25, 0.3) is 0 Å². The first-order chi connectivity index (χ1) is 9.20. The molecule has 110 valence electrons. The Morgan fingerprint density at radius 1 is 1.35 bits per heavy atom. The van der Waals surface area contributed by atoms with E-state index < -0.39 is 29.1 Å². The quantitative estimate of drug-likeness (QED) is 0.602. The number of nitrogens with one attached hydrogen (secondary N) is 1. The summed E-state index contributed by atoms with van der Waals surface area (Å²) in [6.07, 6.45) is -6.18. The minimum Gasteiger partial charge on any atom is -0.341 e. The van der Waals surface area contributed by atoms with Gasteiger partial charge in [0, 0.05) is 0 Å². The lowest BCUT2D eigenvalue weighted by molar-refractivity contribution is -0.174. The third-order valence-corrected chi connectivity index (χ3v) is 4.09. The number of fused-ring (bicyclic) bond motifs is 1. The molecule has 0 fully saturated rings. The van der Waals surface area contributed by atoms with Crippen molar-refractivity contribution < 1.29 is 22.4 Å². The molecule has 1 aromatic carbocycles. The molecule has 20 heavy (non-hydrogen) atoms. The van der Waals surface area contributed by atoms with Gasteiger partial charge < -0.3 is 5.32 Å². The van der Waals surface area contributed by atoms with E-state index in [0.29, 0.717) is 11.1 Å². The standard InChI is InChI=1S/C13H12BrF4NO/c1-6-2-3-7-8(4-6)10(5-9(14)11(7)15)19-12(20)13(16,17)18/h2-4,9-11H,5H2,1H3,(H,19,20)/t9-,10-,11-/m0/s1. The molecular formula is C13H12BrF4NO. The van der Waals surface area contributed by atoms with Gasteiger partial charge in [0.1, 0.15) is 6.17 Å². The van der Waals surface area contributed by atoms with E-state index in [2.05, 4.69) is 15.9 Å². The maximum absolute atomic E-state index is 14.1. The molecule has 3 atom stereocenters. The lowest BCUT2D eigenvalue weighted by Gasteiger charge is -2.32. The molecule has 7 heteroatoms. The molecule has 2 nitrogen and oxygen atoms in total. The summed E-state index contributed by atoms with van der Waals surface area (Å²) in [5.74, 6) is -2.01. The molecule has 0 aromatic heterocycles. The second-order valence-electron chi connectivity index (χ2n) is 4.81. The zero-order chi connectivity index (χ0) is 15.1. The third kappa shape index (κ3) is 2.97. The van der Waals surface area contributed by atoms with Crippen molar-refractivity contribution in [1.82, 2.24) is 5.32 Å². The van der Waals surface area contributed by atoms with Crippen molar-refractivity contribution >= 4 is 21.8 Å². The van der Waals surface area contributed by atoms with Crippen LogP contribution in [0, 0.1) is 6.92 Å². The van der Waals surface area contributed by atoms with Gasteiger partial charge in [-0.15, -0.1) is 0 Å². The summed E-state index contributed by atoms with van der Waals surface area (Å²) >= 11 is 3.12. The van der Waals surface area contributed by atoms with Gasteiger partial charge in [-0.2, -0.15) is 13.2 Å². The van der Waals surface area contributed by atoms with Gasteiger partial charge in [0.2, 0.25) is 0 Å². The number of hydrogen-bond donors (Lipinski definition) is 1. The molecule has 0 saturated carbocycles. The summed E-state index contributed by atoms with van der Waals surface area (Å²) < 4.78 is 51.1. The second-order valence-corrected chi connectivity index (χ2v) is 5.99. The highest BCUT2D eigenvalue weighted by Crippen LogP contribution is 2.42. The highest BCUT2D eigenvalue weighted by molar-refractivity contribution is 9.09. The molecule has 1 aromatic rings. The number of hydrogen-bond acceptors (Lipinski definition) is 1. The van der Waals surface area contributed by atoms with Crippen molar-refractivity contribution in [2.75, 3.05) is 0 Å². The molecule has 1 amide bonds. The van der Waals surface area contributed by atoms with E-state index in [4.69, 9.17) is 0 Å². The fourth-order valence-corrected chi connectivity index (χ4v) is 2.95. The summed E-state index contributed by atoms with van der Waals surface area (Å²) in [5.41, 5.74) is 1.53. The average Bonchev–Trinajstić information content (AvgIpc) is 2.34. The van der Waals surface area contributed by atoms with E-state index in [0.717, 1.165) is 5.56 Å². The van der Waals surface area contributed by atoms with Gasteiger partial charge in [-0.05, 0) is 24.5 Å². The number of halogens is 5. The Morgan fingerprint density at radius 2 is 2.00 bits per heavy atom. The zero-order valence-electron chi connectivity index (χ0n) is 10.5. The molecule has 0 unspecified atom stereocenters. The van der Waals surface area contributed by atoms with Gasteiger partial charge in [0.15, 0.2) is 0 Å². The van der Waals surface area contributed by atoms with E-state index in [1.165, 1.54) is 0 Å². The van der Waals surface area contributed by atoms with Crippen LogP contribution in [-0.2, 0) is 4.79 Å². The zero-order valence-corrected chi connectivity index (χ0v) is 12.1. The van der Waals surface area contributed by atoms with E-state index in [-0.39, 0.29) is 6.42 Å². The number of rotatable bonds is 1. The molecule has 0 spiro atoms. The van der Waals surface area contributed by atoms with Gasteiger partial charge in [0.05, 0.1) is 10.9 Å². The number of aryl methyl sites for hydroxylation is 1. The van der Waals surface area contributed by atoms with Crippen molar-refractivity contribution in [1.29, 1.82) is 0 Å². The number of amides is 1. The van der Waals surface area contributed by atoms with Crippen molar-refractivity contribution in [3.63, 3.8) is 0 Å². The fraction of sp³-hybridized carbons (Fsp3) is 0.462. The van der Waals surface area contributed by atoms with E-state index in [1.807, 2.05) is 5.32 Å². The number of benzene rings is 1. The van der Waals surface area contributed by atoms with E-state index in [1.54, 1.807) is 25.1 Å². The summed E-state index contributed by atoms with van der Waals surface area (Å²) in [5, 5.41) is 1.93. The molecule has 0 heterocycles. The van der Waals surface area contributed by atoms with Crippen LogP contribution in [0.1, 0.15) is 35.3 Å². The van der Waals surface area contributed by atoms with Crippen LogP contribution in [0.15, 0.2) is 18.2 Å². The Balaban J connectivity index is 2.34. The predicted octanol–water partition coefficient (Wildman–Crippen LogP) is 3.89. The minimum absolute atomic E-state index is 0.0689. The average molecular weight is 354 g/mol. The predicted molar refractivity (Wildman–Crippen MR) is 69.3 cm³/mol. The van der Waals surface area contributed by atoms with Crippen molar-refractivity contribution in [3.8, 4) is 0 Å². The maximum Gasteiger partial charge on any atom is 0.471 e. The number of carbonyl (C=O) groups excluding carboxylic acids is 1. The van der Waals surface area contributed by atoms with E-state index in [9.17, 15) is 22.4 Å². The van der Waals surface area contributed by atoms with Crippen LogP contribution in [0.5, 0.6) is 0 Å². The number of carbonyl (C=O) groups is 1. The molecule has 0 radical (unpaired) electrons. The normalized spacial score (nSPS) is 26.0. The minimum atomic E-state index is -4.95. The Kier molecular flexibility index (Phi) is 4.09. The largest absolute Gasteiger partial charge is 0.471 e. The van der Waals surface area contributed by atoms with Gasteiger partial charge in [-0.25, -0.2) is 4.39 Å². The Hall–Kier alpha value is -1.11. The van der Waals surface area contributed by atoms with E-state index >= 15 is 0 Å². The molecule has 1 aliphatic rings. The van der Waals surface area contributed by atoms with Gasteiger partial charge >= 0.3 is 12.1 Å². The van der Waals surface area contributed by atoms with Crippen LogP contribution in [0.3, 0.4) is 0 Å². The molecule has 1 N–H and O–H groups in total. The summed E-state index contributed by atoms with van der Waals surface area (Å²) in [6, 6.07) is 4.01. The molecule has 2 rings (SSSR count). The van der Waals surface area contributed by atoms with Crippen molar-refractivity contribution in [2.45, 2.75) is 36.6 Å². The van der Waals surface area contributed by atoms with Crippen molar-refractivity contribution in [3.05, 3.63) is 34.9 Å². The molecule has 1 aliphatic carbocycles. The van der Waals surface area contributed by atoms with Crippen LogP contribution < -0.4 is 5.32 Å². The third-order valence-electron chi connectivity index (χ3n) is 3.26. The maximum atomic E-state index is 14.1. The first kappa shape index (κ1) is 15.3. The SMILES string of the molecule is Cc1ccc2c(c1)[C@@H](NC(=O)C(F)(F)F)C[C@H](Br)[C@H]2F. The fourth-order valence-electron chi connectivity index (χ4n) is 2.29. The molecule has 0 saturated heterocycles. The van der Waals surface area contributed by atoms with Crippen LogP contribution in [0.25, 0.3) is 0 Å². The van der Waals surface area contributed by atoms with Crippen LogP contribution in [0.2, 0.25) is 0 Å². The monoisotopic (exact) mass is 353 g/mol. The van der Waals surface area contributed by atoms with Gasteiger partial charge in [-0.3, -0.25) is 4.79 Å². The van der Waals surface area contributed by atoms with Crippen LogP contribution in [-0.4, -0.2) is 16.9 Å². The molecule has 0 aliphatic heterocycles. The Labute approximate surface area is 121 Å². The summed E-state index contributed by atoms with van der Waals surface area (Å²) in [7, 11) is 0. The first-order valence-corrected chi connectivity index (χ1v) is 6.88. The lowest BCUT2D eigenvalue weighted by atomic mass is 9.85. The van der Waals surface area contributed by atoms with Crippen LogP contribution in [0.4, 0.5) is 17.6 Å². The van der Waals surface area contributed by atoms with Crippen LogP contribution >= 0.6 is 15.9 Å². The highest BCUT2D eigenvalue weighted by atomic mass is 79.9. The smallest absolute Gasteiger partial charge is 0.341 e. The van der Waals surface area contributed by atoms with Crippen molar-refractivity contribution in [2.24, 2.45) is 0 Å². The van der Waals surface area contributed by atoms with Gasteiger partial charge in [-0.1, -0.05) is 39.7 Å². The molecule has 0 bridgehead atoms. The number of alkyl halides is 5. The first-order valence-electron chi connectivity index (χ1n) is 5.96. The Morgan fingerprint density at radius 3 is 2.60 bits per heavy atom. The topological polar surface area (TPSA) is 29.1 Å². The highest BCUT2D eigenvalue weighted by Gasteiger charge is 2.42. The lowest BCUT2D eigenvalue weighted by Crippen LogP contribution is -2.41. The summed E-state index contributed by atoms with van der Waals surface area (Å²) in [6.45, 7) is 1.76. The summed E-state index contributed by atoms with van der Waals surface area (Å²) in [4.78, 5) is 10.4.